The Balaban J connectivity index is 2.66. The number of nitrogens with two attached hydrogens (primary N) is 1. The van der Waals surface area contributed by atoms with Gasteiger partial charge in [0.15, 0.2) is 5.13 Å². The molecule has 5 heteroatoms. The Hall–Kier alpha value is -1.25. The molecule has 2 rings (SSSR count). The monoisotopic (exact) mass is 249 g/mol. The summed E-state index contributed by atoms with van der Waals surface area (Å²) in [7, 11) is 0. The summed E-state index contributed by atoms with van der Waals surface area (Å²) in [4.78, 5) is 5.27. The fourth-order valence-electron chi connectivity index (χ4n) is 1.58. The summed E-state index contributed by atoms with van der Waals surface area (Å²) >= 11 is 2.65. The van der Waals surface area contributed by atoms with Crippen molar-refractivity contribution in [2.24, 2.45) is 0 Å². The zero-order valence-electron chi connectivity index (χ0n) is 9.02. The van der Waals surface area contributed by atoms with Crippen molar-refractivity contribution >= 4 is 38.4 Å². The highest BCUT2D eigenvalue weighted by molar-refractivity contribution is 8.03. The second-order valence-electron chi connectivity index (χ2n) is 3.76. The Morgan fingerprint density at radius 2 is 2.25 bits per heavy atom. The molecule has 2 N–H and O–H groups in total. The fourth-order valence-corrected chi connectivity index (χ4v) is 3.10. The minimum atomic E-state index is 0.378. The number of nitrogen functional groups attached to an aromatic ring is 1. The molecule has 1 aromatic carbocycles. The van der Waals surface area contributed by atoms with Gasteiger partial charge in [0, 0.05) is 4.90 Å². The number of hydrogen-bond donors (Lipinski definition) is 1. The molecule has 0 aliphatic rings. The Morgan fingerprint density at radius 3 is 2.88 bits per heavy atom. The third kappa shape index (κ3) is 1.99. The fraction of sp³-hybridized carbons (Fsp3) is 0.273. The number of aromatic nitrogens is 1. The minimum absolute atomic E-state index is 0.378. The normalized spacial score (nSPS) is 10.9. The van der Waals surface area contributed by atoms with E-state index in [1.807, 2.05) is 12.1 Å². The van der Waals surface area contributed by atoms with Crippen LogP contribution >= 0.6 is 23.1 Å². The molecule has 82 valence electrons. The summed E-state index contributed by atoms with van der Waals surface area (Å²) in [5.74, 6) is 0.378. The standard InChI is InChI=1S/C11H11N3S2/c1-6(2)7-3-8-10(16-11(13)14-8)4-9(7)15-5-12/h3-4,6H,1-2H3,(H2,13,14). The molecule has 0 aliphatic heterocycles. The van der Waals surface area contributed by atoms with Crippen LogP contribution < -0.4 is 5.73 Å². The van der Waals surface area contributed by atoms with E-state index in [0.717, 1.165) is 20.7 Å². The average molecular weight is 249 g/mol. The number of thiazole rings is 1. The Kier molecular flexibility index (Phi) is 3.03. The SMILES string of the molecule is CC(C)c1cc2nc(N)sc2cc1SC#N. The van der Waals surface area contributed by atoms with Crippen LogP contribution in [0.25, 0.3) is 10.2 Å². The van der Waals surface area contributed by atoms with E-state index in [2.05, 4.69) is 24.2 Å². The van der Waals surface area contributed by atoms with E-state index in [1.54, 1.807) is 0 Å². The third-order valence-corrected chi connectivity index (χ3v) is 3.83. The molecule has 0 fully saturated rings. The minimum Gasteiger partial charge on any atom is -0.375 e. The van der Waals surface area contributed by atoms with Crippen LogP contribution in [0.15, 0.2) is 17.0 Å². The first-order valence-corrected chi connectivity index (χ1v) is 6.51. The summed E-state index contributed by atoms with van der Waals surface area (Å²) < 4.78 is 1.04. The predicted molar refractivity (Wildman–Crippen MR) is 69.6 cm³/mol. The van der Waals surface area contributed by atoms with Crippen molar-refractivity contribution in [2.45, 2.75) is 24.7 Å². The van der Waals surface area contributed by atoms with Crippen molar-refractivity contribution in [3.63, 3.8) is 0 Å². The van der Waals surface area contributed by atoms with Crippen LogP contribution in [-0.4, -0.2) is 4.98 Å². The van der Waals surface area contributed by atoms with Gasteiger partial charge in [-0.1, -0.05) is 25.2 Å². The van der Waals surface area contributed by atoms with Gasteiger partial charge in [-0.3, -0.25) is 0 Å². The summed E-state index contributed by atoms with van der Waals surface area (Å²) in [6.07, 6.45) is 0. The van der Waals surface area contributed by atoms with Gasteiger partial charge in [0.05, 0.1) is 10.2 Å². The van der Waals surface area contributed by atoms with Gasteiger partial charge in [0.25, 0.3) is 0 Å². The van der Waals surface area contributed by atoms with Crippen LogP contribution in [0.3, 0.4) is 0 Å². The first-order valence-electron chi connectivity index (χ1n) is 4.87. The molecule has 0 spiro atoms. The van der Waals surface area contributed by atoms with Gasteiger partial charge < -0.3 is 5.73 Å². The molecular formula is C11H11N3S2. The molecule has 1 aromatic heterocycles. The highest BCUT2D eigenvalue weighted by Crippen LogP contribution is 2.34. The number of thioether (sulfide) groups is 1. The lowest BCUT2D eigenvalue weighted by atomic mass is 10.0. The zero-order valence-corrected chi connectivity index (χ0v) is 10.7. The van der Waals surface area contributed by atoms with Gasteiger partial charge in [0.2, 0.25) is 0 Å². The lowest BCUT2D eigenvalue weighted by molar-refractivity contribution is 0.845. The van der Waals surface area contributed by atoms with E-state index >= 15 is 0 Å². The van der Waals surface area contributed by atoms with Gasteiger partial charge in [-0.15, -0.1) is 0 Å². The van der Waals surface area contributed by atoms with Crippen molar-refractivity contribution in [3.8, 4) is 5.40 Å². The molecule has 0 atom stereocenters. The lowest BCUT2D eigenvalue weighted by Gasteiger charge is -2.09. The van der Waals surface area contributed by atoms with Crippen molar-refractivity contribution in [1.82, 2.24) is 4.98 Å². The maximum Gasteiger partial charge on any atom is 0.181 e. The average Bonchev–Trinajstić information content (AvgIpc) is 2.56. The summed E-state index contributed by atoms with van der Waals surface area (Å²) in [5, 5.41) is 11.5. The maximum atomic E-state index is 8.78. The summed E-state index contributed by atoms with van der Waals surface area (Å²) in [6, 6.07) is 4.04. The second kappa shape index (κ2) is 4.32. The van der Waals surface area contributed by atoms with E-state index in [1.165, 1.54) is 23.1 Å². The van der Waals surface area contributed by atoms with Crippen molar-refractivity contribution in [1.29, 1.82) is 5.26 Å². The topological polar surface area (TPSA) is 62.7 Å². The van der Waals surface area contributed by atoms with E-state index in [0.29, 0.717) is 11.0 Å². The van der Waals surface area contributed by atoms with Crippen LogP contribution in [0.4, 0.5) is 5.13 Å². The predicted octanol–water partition coefficient (Wildman–Crippen LogP) is 3.58. The van der Waals surface area contributed by atoms with Gasteiger partial charge in [-0.05, 0) is 35.4 Å². The Labute approximate surface area is 102 Å². The number of nitrogens with zero attached hydrogens (tertiary/aromatic N) is 2. The number of fused-ring (bicyclic) bond motifs is 1. The largest absolute Gasteiger partial charge is 0.375 e. The molecule has 3 nitrogen and oxygen atoms in total. The van der Waals surface area contributed by atoms with Crippen LogP contribution in [0.5, 0.6) is 0 Å². The molecule has 0 amide bonds. The van der Waals surface area contributed by atoms with E-state index in [9.17, 15) is 0 Å². The van der Waals surface area contributed by atoms with Gasteiger partial charge in [0.1, 0.15) is 5.40 Å². The van der Waals surface area contributed by atoms with Gasteiger partial charge >= 0.3 is 0 Å². The van der Waals surface area contributed by atoms with Crippen LogP contribution in [0, 0.1) is 10.7 Å². The van der Waals surface area contributed by atoms with Gasteiger partial charge in [-0.2, -0.15) is 5.26 Å². The van der Waals surface area contributed by atoms with Crippen molar-refractivity contribution in [2.75, 3.05) is 5.73 Å². The Morgan fingerprint density at radius 1 is 1.50 bits per heavy atom. The molecule has 0 unspecified atom stereocenters. The van der Waals surface area contributed by atoms with Gasteiger partial charge in [-0.25, -0.2) is 4.98 Å². The number of hydrogen-bond acceptors (Lipinski definition) is 5. The molecule has 16 heavy (non-hydrogen) atoms. The van der Waals surface area contributed by atoms with Crippen molar-refractivity contribution < 1.29 is 0 Å². The zero-order chi connectivity index (χ0) is 11.7. The molecule has 2 aromatic rings. The molecule has 0 bridgehead atoms. The van der Waals surface area contributed by atoms with Crippen molar-refractivity contribution in [3.05, 3.63) is 17.7 Å². The molecule has 0 saturated heterocycles. The van der Waals surface area contributed by atoms with Crippen LogP contribution in [-0.2, 0) is 0 Å². The van der Waals surface area contributed by atoms with Crippen LogP contribution in [0.2, 0.25) is 0 Å². The molecule has 0 saturated carbocycles. The number of nitriles is 1. The highest BCUT2D eigenvalue weighted by Gasteiger charge is 2.11. The maximum absolute atomic E-state index is 8.78. The first-order chi connectivity index (χ1) is 7.61. The molecule has 0 radical (unpaired) electrons. The molecular weight excluding hydrogens is 238 g/mol. The number of thiocyanates is 1. The number of rotatable bonds is 2. The quantitative estimate of drug-likeness (QED) is 0.652. The Bertz CT molecular complexity index is 566. The smallest absolute Gasteiger partial charge is 0.181 e. The molecule has 0 aliphatic carbocycles. The summed E-state index contributed by atoms with van der Waals surface area (Å²) in [5.41, 5.74) is 7.76. The summed E-state index contributed by atoms with van der Waals surface area (Å²) in [6.45, 7) is 4.22. The number of anilines is 1. The van der Waals surface area contributed by atoms with E-state index in [-0.39, 0.29) is 0 Å². The first kappa shape index (κ1) is 11.2. The second-order valence-corrected chi connectivity index (χ2v) is 5.65. The number of benzene rings is 1. The highest BCUT2D eigenvalue weighted by atomic mass is 32.2. The van der Waals surface area contributed by atoms with Crippen LogP contribution in [0.1, 0.15) is 25.3 Å². The third-order valence-electron chi connectivity index (χ3n) is 2.31. The molecule has 1 heterocycles. The van der Waals surface area contributed by atoms with E-state index in [4.69, 9.17) is 11.0 Å². The van der Waals surface area contributed by atoms with E-state index < -0.39 is 0 Å². The lowest BCUT2D eigenvalue weighted by Crippen LogP contribution is -1.90.